The highest BCUT2D eigenvalue weighted by molar-refractivity contribution is 6.04. The first-order valence-corrected chi connectivity index (χ1v) is 16.9. The molecule has 1 heterocycles. The quantitative estimate of drug-likeness (QED) is 0.174. The van der Waals surface area contributed by atoms with E-state index in [-0.39, 0.29) is 0 Å². The number of oxazole rings is 1. The van der Waals surface area contributed by atoms with Gasteiger partial charge >= 0.3 is 0 Å². The SMILES string of the molecule is c1ccc(-c2ccc(N(c3ccc(-c4ccccc4)cc3)c3ccc(-c4ccc5c(ccc6nc(-c7ccccc7)oc65)c4)cc3)cc2)cc1. The molecule has 0 fully saturated rings. The molecule has 9 aromatic rings. The molecule has 0 saturated heterocycles. The van der Waals surface area contributed by atoms with E-state index in [1.807, 2.05) is 36.4 Å². The van der Waals surface area contributed by atoms with Gasteiger partial charge in [0.2, 0.25) is 5.89 Å². The Morgan fingerprint density at radius 3 is 1.28 bits per heavy atom. The molecular formula is C47H32N2O. The van der Waals surface area contributed by atoms with Crippen molar-refractivity contribution in [2.24, 2.45) is 0 Å². The molecular weight excluding hydrogens is 609 g/mol. The van der Waals surface area contributed by atoms with Crippen LogP contribution in [0.2, 0.25) is 0 Å². The smallest absolute Gasteiger partial charge is 0.227 e. The summed E-state index contributed by atoms with van der Waals surface area (Å²) in [6.07, 6.45) is 0. The molecule has 3 heteroatoms. The Morgan fingerprint density at radius 2 is 0.780 bits per heavy atom. The molecule has 8 aromatic carbocycles. The van der Waals surface area contributed by atoms with Crippen LogP contribution in [-0.4, -0.2) is 4.98 Å². The van der Waals surface area contributed by atoms with E-state index in [1.54, 1.807) is 0 Å². The van der Waals surface area contributed by atoms with E-state index in [0.717, 1.165) is 55.6 Å². The lowest BCUT2D eigenvalue weighted by Crippen LogP contribution is -2.09. The Labute approximate surface area is 291 Å². The van der Waals surface area contributed by atoms with Gasteiger partial charge in [-0.3, -0.25) is 0 Å². The van der Waals surface area contributed by atoms with Gasteiger partial charge in [0, 0.05) is 28.0 Å². The van der Waals surface area contributed by atoms with Crippen LogP contribution < -0.4 is 4.90 Å². The fraction of sp³-hybridized carbons (Fsp3) is 0. The summed E-state index contributed by atoms with van der Waals surface area (Å²) in [4.78, 5) is 7.08. The van der Waals surface area contributed by atoms with Crippen molar-refractivity contribution in [3.63, 3.8) is 0 Å². The molecule has 0 bridgehead atoms. The molecule has 1 aromatic heterocycles. The van der Waals surface area contributed by atoms with Crippen molar-refractivity contribution in [2.75, 3.05) is 4.90 Å². The highest BCUT2D eigenvalue weighted by Crippen LogP contribution is 2.38. The minimum Gasteiger partial charge on any atom is -0.435 e. The van der Waals surface area contributed by atoms with Crippen molar-refractivity contribution in [1.29, 1.82) is 0 Å². The van der Waals surface area contributed by atoms with Gasteiger partial charge in [-0.1, -0.05) is 127 Å². The van der Waals surface area contributed by atoms with E-state index < -0.39 is 0 Å². The molecule has 0 spiro atoms. The monoisotopic (exact) mass is 640 g/mol. The minimum atomic E-state index is 0.640. The average Bonchev–Trinajstić information content (AvgIpc) is 3.65. The predicted octanol–water partition coefficient (Wildman–Crippen LogP) is 13.1. The fourth-order valence-corrected chi connectivity index (χ4v) is 6.72. The summed E-state index contributed by atoms with van der Waals surface area (Å²) in [5.41, 5.74) is 13.0. The van der Waals surface area contributed by atoms with Crippen LogP contribution in [0.15, 0.2) is 199 Å². The van der Waals surface area contributed by atoms with Crippen molar-refractivity contribution in [1.82, 2.24) is 4.98 Å². The van der Waals surface area contributed by atoms with Gasteiger partial charge in [0.15, 0.2) is 5.58 Å². The lowest BCUT2D eigenvalue weighted by Gasteiger charge is -2.26. The standard InChI is InChI=1S/C47H32N2O/c1-4-10-33(11-5-1)35-16-24-41(25-17-35)49(42-26-18-36(19-27-42)34-12-6-2-7-13-34)43-28-20-37(21-29-43)39-22-30-44-40(32-39)23-31-45-46(44)50-47(48-45)38-14-8-3-9-15-38/h1-32H. The van der Waals surface area contributed by atoms with Crippen LogP contribution in [0.1, 0.15) is 0 Å². The zero-order chi connectivity index (χ0) is 33.3. The fourth-order valence-electron chi connectivity index (χ4n) is 6.72. The van der Waals surface area contributed by atoms with Crippen LogP contribution in [0, 0.1) is 0 Å². The molecule has 0 saturated carbocycles. The third-order valence-corrected chi connectivity index (χ3v) is 9.32. The molecule has 0 radical (unpaired) electrons. The van der Waals surface area contributed by atoms with E-state index in [4.69, 9.17) is 9.40 Å². The first kappa shape index (κ1) is 29.4. The Balaban J connectivity index is 1.06. The normalized spacial score (nSPS) is 11.2. The molecule has 3 nitrogen and oxygen atoms in total. The number of nitrogens with zero attached hydrogens (tertiary/aromatic N) is 2. The summed E-state index contributed by atoms with van der Waals surface area (Å²) < 4.78 is 6.29. The molecule has 0 aliphatic carbocycles. The molecule has 0 aliphatic rings. The summed E-state index contributed by atoms with van der Waals surface area (Å²) in [5, 5.41) is 2.18. The maximum atomic E-state index is 6.29. The summed E-state index contributed by atoms with van der Waals surface area (Å²) in [6.45, 7) is 0. The second kappa shape index (κ2) is 12.7. The van der Waals surface area contributed by atoms with Crippen molar-refractivity contribution in [3.05, 3.63) is 194 Å². The summed E-state index contributed by atoms with van der Waals surface area (Å²) in [6, 6.07) is 68.3. The van der Waals surface area contributed by atoms with E-state index in [0.29, 0.717) is 5.89 Å². The third kappa shape index (κ3) is 5.61. The average molecular weight is 641 g/mol. The molecule has 0 atom stereocenters. The minimum absolute atomic E-state index is 0.640. The zero-order valence-electron chi connectivity index (χ0n) is 27.3. The third-order valence-electron chi connectivity index (χ3n) is 9.32. The van der Waals surface area contributed by atoms with Crippen LogP contribution >= 0.6 is 0 Å². The number of rotatable bonds is 7. The van der Waals surface area contributed by atoms with Crippen LogP contribution in [0.4, 0.5) is 17.1 Å². The van der Waals surface area contributed by atoms with Crippen molar-refractivity contribution < 1.29 is 4.42 Å². The predicted molar refractivity (Wildman–Crippen MR) is 208 cm³/mol. The molecule has 9 rings (SSSR count). The van der Waals surface area contributed by atoms with E-state index >= 15 is 0 Å². The highest BCUT2D eigenvalue weighted by atomic mass is 16.3. The Bertz CT molecular complexity index is 2460. The molecule has 0 aliphatic heterocycles. The molecule has 236 valence electrons. The lowest BCUT2D eigenvalue weighted by atomic mass is 10.00. The second-order valence-corrected chi connectivity index (χ2v) is 12.4. The van der Waals surface area contributed by atoms with Crippen LogP contribution in [0.5, 0.6) is 0 Å². The van der Waals surface area contributed by atoms with Gasteiger partial charge in [0.05, 0.1) is 0 Å². The number of anilines is 3. The largest absolute Gasteiger partial charge is 0.435 e. The Kier molecular flexibility index (Phi) is 7.49. The maximum Gasteiger partial charge on any atom is 0.227 e. The second-order valence-electron chi connectivity index (χ2n) is 12.4. The van der Waals surface area contributed by atoms with Crippen molar-refractivity contribution >= 4 is 38.9 Å². The van der Waals surface area contributed by atoms with Gasteiger partial charge in [0.25, 0.3) is 0 Å². The van der Waals surface area contributed by atoms with Crippen LogP contribution in [-0.2, 0) is 0 Å². The van der Waals surface area contributed by atoms with E-state index in [1.165, 1.54) is 22.3 Å². The van der Waals surface area contributed by atoms with Crippen molar-refractivity contribution in [2.45, 2.75) is 0 Å². The number of benzene rings is 8. The summed E-state index contributed by atoms with van der Waals surface area (Å²) >= 11 is 0. The molecule has 0 amide bonds. The molecule has 50 heavy (non-hydrogen) atoms. The Morgan fingerprint density at radius 1 is 0.360 bits per heavy atom. The van der Waals surface area contributed by atoms with E-state index in [2.05, 4.69) is 163 Å². The van der Waals surface area contributed by atoms with E-state index in [9.17, 15) is 0 Å². The van der Waals surface area contributed by atoms with Crippen LogP contribution in [0.25, 0.3) is 66.7 Å². The Hall–Kier alpha value is -6.71. The zero-order valence-corrected chi connectivity index (χ0v) is 27.3. The van der Waals surface area contributed by atoms with Gasteiger partial charge in [-0.2, -0.15) is 0 Å². The van der Waals surface area contributed by atoms with Gasteiger partial charge in [-0.15, -0.1) is 0 Å². The van der Waals surface area contributed by atoms with Gasteiger partial charge in [-0.25, -0.2) is 4.98 Å². The summed E-state index contributed by atoms with van der Waals surface area (Å²) in [7, 11) is 0. The van der Waals surface area contributed by atoms with Crippen molar-refractivity contribution in [3.8, 4) is 44.8 Å². The molecule has 0 N–H and O–H groups in total. The molecule has 0 unspecified atom stereocenters. The highest BCUT2D eigenvalue weighted by Gasteiger charge is 2.15. The van der Waals surface area contributed by atoms with Gasteiger partial charge < -0.3 is 9.32 Å². The lowest BCUT2D eigenvalue weighted by molar-refractivity contribution is 0.623. The first-order valence-electron chi connectivity index (χ1n) is 16.9. The number of hydrogen-bond acceptors (Lipinski definition) is 3. The topological polar surface area (TPSA) is 29.3 Å². The number of fused-ring (bicyclic) bond motifs is 3. The van der Waals surface area contributed by atoms with Crippen LogP contribution in [0.3, 0.4) is 0 Å². The van der Waals surface area contributed by atoms with Gasteiger partial charge in [0.1, 0.15) is 5.52 Å². The first-order chi connectivity index (χ1) is 24.8. The maximum absolute atomic E-state index is 6.29. The summed E-state index contributed by atoms with van der Waals surface area (Å²) in [5.74, 6) is 0.640. The number of aromatic nitrogens is 1. The van der Waals surface area contributed by atoms with Gasteiger partial charge in [-0.05, 0) is 105 Å². The number of hydrogen-bond donors (Lipinski definition) is 0.